The summed E-state index contributed by atoms with van der Waals surface area (Å²) < 4.78 is 0. The summed E-state index contributed by atoms with van der Waals surface area (Å²) in [7, 11) is 1.87. The minimum atomic E-state index is -0.0566. The van der Waals surface area contributed by atoms with Gasteiger partial charge >= 0.3 is 0 Å². The number of rotatable bonds is 8. The molecule has 2 amide bonds. The minimum Gasteiger partial charge on any atom is -0.338 e. The van der Waals surface area contributed by atoms with E-state index >= 15 is 0 Å². The van der Waals surface area contributed by atoms with E-state index in [0.717, 1.165) is 28.1 Å². The van der Waals surface area contributed by atoms with Crippen molar-refractivity contribution < 1.29 is 14.5 Å². The summed E-state index contributed by atoms with van der Waals surface area (Å²) in [6.07, 6.45) is 0.875. The van der Waals surface area contributed by atoms with E-state index in [0.29, 0.717) is 19.6 Å². The standard InChI is InChI=1S/C18H29N3O2/c1-6-15-11-9-10-14(4)18(15)19-16(22)12-20(5)13-17(23)21(7-2)8-3/h9-11H,6-8,12-13H2,1-5H3,(H,19,22)/p+1. The molecule has 0 heterocycles. The SMILES string of the molecule is CCc1cccc(C)c1NC(=O)C[NH+](C)CC(=O)N(CC)CC. The molecule has 5 nitrogen and oxygen atoms in total. The topological polar surface area (TPSA) is 53.9 Å². The Balaban J connectivity index is 2.62. The Morgan fingerprint density at radius 2 is 1.78 bits per heavy atom. The van der Waals surface area contributed by atoms with Crippen LogP contribution < -0.4 is 10.2 Å². The van der Waals surface area contributed by atoms with Gasteiger partial charge in [0.25, 0.3) is 11.8 Å². The summed E-state index contributed by atoms with van der Waals surface area (Å²) in [5.74, 6) is 0.0317. The van der Waals surface area contributed by atoms with Gasteiger partial charge in [-0.05, 0) is 38.3 Å². The van der Waals surface area contributed by atoms with Crippen molar-refractivity contribution in [2.45, 2.75) is 34.1 Å². The molecule has 0 fully saturated rings. The zero-order chi connectivity index (χ0) is 17.4. The van der Waals surface area contributed by atoms with Crippen molar-refractivity contribution in [2.24, 2.45) is 0 Å². The number of quaternary nitrogens is 1. The van der Waals surface area contributed by atoms with Crippen LogP contribution in [0.3, 0.4) is 0 Å². The maximum atomic E-state index is 12.3. The third-order valence-electron chi connectivity index (χ3n) is 4.04. The number of hydrogen-bond donors (Lipinski definition) is 2. The number of carbonyl (C=O) groups excluding carboxylic acids is 2. The highest BCUT2D eigenvalue weighted by Gasteiger charge is 2.18. The van der Waals surface area contributed by atoms with E-state index in [2.05, 4.69) is 12.2 Å². The zero-order valence-corrected chi connectivity index (χ0v) is 15.0. The normalized spacial score (nSPS) is 11.9. The van der Waals surface area contributed by atoms with Gasteiger partial charge in [0.15, 0.2) is 13.1 Å². The Bertz CT molecular complexity index is 539. The molecule has 0 radical (unpaired) electrons. The summed E-state index contributed by atoms with van der Waals surface area (Å²) in [5.41, 5.74) is 3.10. The number of anilines is 1. The summed E-state index contributed by atoms with van der Waals surface area (Å²) in [6.45, 7) is 10.0. The highest BCUT2D eigenvalue weighted by Crippen LogP contribution is 2.20. The van der Waals surface area contributed by atoms with E-state index in [4.69, 9.17) is 0 Å². The average molecular weight is 320 g/mol. The highest BCUT2D eigenvalue weighted by atomic mass is 16.2. The summed E-state index contributed by atoms with van der Waals surface area (Å²) in [5, 5.41) is 3.01. The quantitative estimate of drug-likeness (QED) is 0.747. The Morgan fingerprint density at radius 1 is 1.13 bits per heavy atom. The maximum absolute atomic E-state index is 12.3. The molecule has 0 saturated heterocycles. The Labute approximate surface area is 139 Å². The van der Waals surface area contributed by atoms with Gasteiger partial charge in [-0.1, -0.05) is 25.1 Å². The van der Waals surface area contributed by atoms with E-state index in [1.807, 2.05) is 46.0 Å². The van der Waals surface area contributed by atoms with Gasteiger partial charge in [0.05, 0.1) is 7.05 Å². The number of likely N-dealkylation sites (N-methyl/N-ethyl adjacent to an activating group) is 2. The van der Waals surface area contributed by atoms with Gasteiger partial charge in [0.1, 0.15) is 0 Å². The number of hydrogen-bond acceptors (Lipinski definition) is 2. The van der Waals surface area contributed by atoms with E-state index in [1.54, 1.807) is 4.90 Å². The van der Waals surface area contributed by atoms with Gasteiger partial charge in [-0.3, -0.25) is 9.59 Å². The molecule has 5 heteroatoms. The zero-order valence-electron chi connectivity index (χ0n) is 15.0. The first-order chi connectivity index (χ1) is 10.9. The van der Waals surface area contributed by atoms with Crippen LogP contribution in [0.15, 0.2) is 18.2 Å². The van der Waals surface area contributed by atoms with Crippen molar-refractivity contribution in [3.63, 3.8) is 0 Å². The Hall–Kier alpha value is -1.88. The molecule has 1 aromatic rings. The van der Waals surface area contributed by atoms with Gasteiger partial charge < -0.3 is 15.1 Å². The van der Waals surface area contributed by atoms with Crippen LogP contribution in [0.1, 0.15) is 31.9 Å². The molecule has 0 saturated carbocycles. The molecule has 0 aliphatic heterocycles. The molecule has 2 N–H and O–H groups in total. The first kappa shape index (κ1) is 19.2. The van der Waals surface area contributed by atoms with Gasteiger partial charge in [0.2, 0.25) is 0 Å². The molecule has 128 valence electrons. The van der Waals surface area contributed by atoms with Gasteiger partial charge in [-0.15, -0.1) is 0 Å². The second kappa shape index (κ2) is 9.30. The number of benzene rings is 1. The molecule has 1 atom stereocenters. The van der Waals surface area contributed by atoms with E-state index in [9.17, 15) is 9.59 Å². The van der Waals surface area contributed by atoms with Gasteiger partial charge in [0, 0.05) is 18.8 Å². The van der Waals surface area contributed by atoms with Crippen LogP contribution in [0.5, 0.6) is 0 Å². The third-order valence-corrected chi connectivity index (χ3v) is 4.04. The average Bonchev–Trinajstić information content (AvgIpc) is 2.50. The molecule has 0 spiro atoms. The molecule has 0 aliphatic carbocycles. The van der Waals surface area contributed by atoms with Crippen molar-refractivity contribution in [1.29, 1.82) is 0 Å². The second-order valence-corrected chi connectivity index (χ2v) is 5.89. The van der Waals surface area contributed by atoms with Crippen molar-refractivity contribution in [2.75, 3.05) is 38.5 Å². The van der Waals surface area contributed by atoms with Crippen LogP contribution >= 0.6 is 0 Å². The van der Waals surface area contributed by atoms with Crippen molar-refractivity contribution >= 4 is 17.5 Å². The summed E-state index contributed by atoms with van der Waals surface area (Å²) in [4.78, 5) is 27.0. The second-order valence-electron chi connectivity index (χ2n) is 5.89. The van der Waals surface area contributed by atoms with Crippen LogP contribution in [0, 0.1) is 6.92 Å². The largest absolute Gasteiger partial charge is 0.338 e. The highest BCUT2D eigenvalue weighted by molar-refractivity contribution is 5.93. The van der Waals surface area contributed by atoms with Gasteiger partial charge in [-0.25, -0.2) is 0 Å². The van der Waals surface area contributed by atoms with Crippen molar-refractivity contribution in [1.82, 2.24) is 4.90 Å². The lowest BCUT2D eigenvalue weighted by Gasteiger charge is -2.21. The van der Waals surface area contributed by atoms with Crippen molar-refractivity contribution in [3.05, 3.63) is 29.3 Å². The van der Waals surface area contributed by atoms with E-state index in [1.165, 1.54) is 0 Å². The Kier molecular flexibility index (Phi) is 7.75. The van der Waals surface area contributed by atoms with Crippen LogP contribution in [-0.4, -0.2) is 49.9 Å². The van der Waals surface area contributed by atoms with Crippen molar-refractivity contribution in [3.8, 4) is 0 Å². The molecule has 0 aliphatic rings. The fourth-order valence-electron chi connectivity index (χ4n) is 2.67. The number of carbonyl (C=O) groups is 2. The fourth-order valence-corrected chi connectivity index (χ4v) is 2.67. The lowest BCUT2D eigenvalue weighted by atomic mass is 10.1. The molecule has 1 aromatic carbocycles. The summed E-state index contributed by atoms with van der Waals surface area (Å²) in [6, 6.07) is 6.03. The molecule has 23 heavy (non-hydrogen) atoms. The minimum absolute atomic E-state index is 0.0566. The molecular weight excluding hydrogens is 290 g/mol. The summed E-state index contributed by atoms with van der Waals surface area (Å²) >= 11 is 0. The molecular formula is C18H30N3O2+. The smallest absolute Gasteiger partial charge is 0.279 e. The maximum Gasteiger partial charge on any atom is 0.279 e. The fraction of sp³-hybridized carbons (Fsp3) is 0.556. The number of nitrogens with zero attached hydrogens (tertiary/aromatic N) is 1. The predicted molar refractivity (Wildman–Crippen MR) is 93.7 cm³/mol. The lowest BCUT2D eigenvalue weighted by Crippen LogP contribution is -3.11. The van der Waals surface area contributed by atoms with Gasteiger partial charge in [-0.2, -0.15) is 0 Å². The van der Waals surface area contributed by atoms with Crippen LogP contribution in [0.2, 0.25) is 0 Å². The predicted octanol–water partition coefficient (Wildman–Crippen LogP) is 0.879. The van der Waals surface area contributed by atoms with E-state index < -0.39 is 0 Å². The first-order valence-electron chi connectivity index (χ1n) is 8.40. The molecule has 1 unspecified atom stereocenters. The molecule has 0 aromatic heterocycles. The van der Waals surface area contributed by atoms with Crippen LogP contribution in [-0.2, 0) is 16.0 Å². The number of para-hydroxylation sites is 1. The lowest BCUT2D eigenvalue weighted by molar-refractivity contribution is -0.862. The third kappa shape index (κ3) is 5.67. The molecule has 0 bridgehead atoms. The number of amides is 2. The first-order valence-corrected chi connectivity index (χ1v) is 8.40. The molecule has 1 rings (SSSR count). The Morgan fingerprint density at radius 3 is 2.35 bits per heavy atom. The number of aryl methyl sites for hydroxylation is 2. The monoisotopic (exact) mass is 320 g/mol. The van der Waals surface area contributed by atoms with Crippen LogP contribution in [0.25, 0.3) is 0 Å². The van der Waals surface area contributed by atoms with Crippen LogP contribution in [0.4, 0.5) is 5.69 Å². The van der Waals surface area contributed by atoms with E-state index in [-0.39, 0.29) is 18.4 Å². The number of nitrogens with one attached hydrogen (secondary N) is 2.